The van der Waals surface area contributed by atoms with Crippen molar-refractivity contribution in [2.75, 3.05) is 42.8 Å². The fourth-order valence-corrected chi connectivity index (χ4v) is 5.51. The van der Waals surface area contributed by atoms with E-state index in [1.165, 1.54) is 5.56 Å². The summed E-state index contributed by atoms with van der Waals surface area (Å²) < 4.78 is 6.82. The first kappa shape index (κ1) is 20.9. The number of carbonyl (C=O) groups is 1. The molecule has 2 aromatic rings. The van der Waals surface area contributed by atoms with Gasteiger partial charge in [0.1, 0.15) is 0 Å². The minimum absolute atomic E-state index is 0.0551. The molecule has 3 heterocycles. The highest BCUT2D eigenvalue weighted by atomic mass is 127. The number of amides is 1. The van der Waals surface area contributed by atoms with E-state index in [1.807, 2.05) is 22.0 Å². The number of halogens is 1. The zero-order valence-electron chi connectivity index (χ0n) is 17.9. The number of hydrogen-bond acceptors (Lipinski definition) is 5. The summed E-state index contributed by atoms with van der Waals surface area (Å²) >= 11 is 2.30. The van der Waals surface area contributed by atoms with Gasteiger partial charge in [-0.15, -0.1) is 0 Å². The minimum atomic E-state index is -0.857. The van der Waals surface area contributed by atoms with Crippen LogP contribution in [0.4, 0.5) is 11.4 Å². The monoisotopic (exact) mass is 530 g/mol. The molecular formula is C24H27IN4O2. The average molecular weight is 530 g/mol. The molecule has 6 nitrogen and oxygen atoms in total. The highest BCUT2D eigenvalue weighted by Gasteiger charge is 2.63. The average Bonchev–Trinajstić information content (AvgIpc) is 3.10. The van der Waals surface area contributed by atoms with Crippen LogP contribution in [0.5, 0.6) is 0 Å². The summed E-state index contributed by atoms with van der Waals surface area (Å²) in [5.41, 5.74) is 3.27. The van der Waals surface area contributed by atoms with Crippen LogP contribution < -0.4 is 9.91 Å². The molecule has 7 heteroatoms. The number of fused-ring (bicyclic) bond motifs is 1. The van der Waals surface area contributed by atoms with E-state index in [0.717, 1.165) is 27.1 Å². The SMILES string of the molecule is CC1=NN(c2ccc(C)cc2)C2(N3CCOCC3)C(=O)N(c3ccc(I)cc3)CCC12. The van der Waals surface area contributed by atoms with Crippen molar-refractivity contribution in [3.8, 4) is 0 Å². The van der Waals surface area contributed by atoms with Crippen molar-refractivity contribution in [1.82, 2.24) is 4.90 Å². The minimum Gasteiger partial charge on any atom is -0.379 e. The molecule has 3 aliphatic rings. The Morgan fingerprint density at radius 1 is 0.968 bits per heavy atom. The van der Waals surface area contributed by atoms with Crippen LogP contribution in [0, 0.1) is 16.4 Å². The predicted octanol–water partition coefficient (Wildman–Crippen LogP) is 3.88. The van der Waals surface area contributed by atoms with E-state index in [4.69, 9.17) is 9.84 Å². The second-order valence-corrected chi connectivity index (χ2v) is 9.73. The molecule has 2 fully saturated rings. The van der Waals surface area contributed by atoms with Crippen molar-refractivity contribution >= 4 is 45.6 Å². The second-order valence-electron chi connectivity index (χ2n) is 8.49. The highest BCUT2D eigenvalue weighted by molar-refractivity contribution is 14.1. The number of piperidine rings is 1. The molecular weight excluding hydrogens is 503 g/mol. The van der Waals surface area contributed by atoms with E-state index in [0.29, 0.717) is 32.8 Å². The summed E-state index contributed by atoms with van der Waals surface area (Å²) in [4.78, 5) is 18.7. The number of anilines is 2. The quantitative estimate of drug-likeness (QED) is 0.566. The molecule has 0 aliphatic carbocycles. The lowest BCUT2D eigenvalue weighted by atomic mass is 9.80. The Balaban J connectivity index is 1.64. The van der Waals surface area contributed by atoms with Crippen molar-refractivity contribution in [3.63, 3.8) is 0 Å². The molecule has 2 unspecified atom stereocenters. The Morgan fingerprint density at radius 2 is 1.61 bits per heavy atom. The Labute approximate surface area is 197 Å². The molecule has 0 aromatic heterocycles. The second kappa shape index (κ2) is 8.18. The zero-order chi connectivity index (χ0) is 21.6. The number of rotatable bonds is 3. The van der Waals surface area contributed by atoms with Crippen molar-refractivity contribution in [1.29, 1.82) is 0 Å². The smallest absolute Gasteiger partial charge is 0.270 e. The lowest BCUT2D eigenvalue weighted by molar-refractivity contribution is -0.139. The summed E-state index contributed by atoms with van der Waals surface area (Å²) in [5, 5.41) is 6.99. The van der Waals surface area contributed by atoms with Gasteiger partial charge in [-0.05, 0) is 79.3 Å². The molecule has 0 bridgehead atoms. The fraction of sp³-hybridized carbons (Fsp3) is 0.417. The van der Waals surface area contributed by atoms with E-state index in [9.17, 15) is 4.79 Å². The predicted molar refractivity (Wildman–Crippen MR) is 132 cm³/mol. The van der Waals surface area contributed by atoms with E-state index in [2.05, 4.69) is 77.7 Å². The van der Waals surface area contributed by atoms with Gasteiger partial charge in [0.2, 0.25) is 5.66 Å². The number of ether oxygens (including phenoxy) is 1. The molecule has 162 valence electrons. The molecule has 2 saturated heterocycles. The van der Waals surface area contributed by atoms with E-state index in [1.54, 1.807) is 0 Å². The summed E-state index contributed by atoms with van der Waals surface area (Å²) in [6.45, 7) is 7.54. The molecule has 2 aromatic carbocycles. The summed E-state index contributed by atoms with van der Waals surface area (Å²) in [6.07, 6.45) is 0.882. The molecule has 1 amide bonds. The number of morpholine rings is 1. The maximum atomic E-state index is 14.4. The Bertz CT molecular complexity index is 1000. The standard InChI is InChI=1S/C24H27IN4O2/c1-17-3-7-21(8-4-17)29-24(27-13-15-31-16-14-27)22(18(2)26-29)11-12-28(23(24)30)20-9-5-19(25)6-10-20/h3-10,22H,11-16H2,1-2H3. The van der Waals surface area contributed by atoms with Crippen LogP contribution in [0.25, 0.3) is 0 Å². The van der Waals surface area contributed by atoms with Gasteiger partial charge in [-0.1, -0.05) is 17.7 Å². The number of carbonyl (C=O) groups excluding carboxylic acids is 1. The first-order chi connectivity index (χ1) is 15.0. The van der Waals surface area contributed by atoms with E-state index in [-0.39, 0.29) is 11.8 Å². The normalized spacial score (nSPS) is 26.7. The van der Waals surface area contributed by atoms with Crippen molar-refractivity contribution in [2.24, 2.45) is 11.0 Å². The van der Waals surface area contributed by atoms with Gasteiger partial charge in [0.15, 0.2) is 0 Å². The van der Waals surface area contributed by atoms with Gasteiger partial charge < -0.3 is 9.64 Å². The topological polar surface area (TPSA) is 48.4 Å². The van der Waals surface area contributed by atoms with Crippen LogP contribution in [0.3, 0.4) is 0 Å². The lowest BCUT2D eigenvalue weighted by Gasteiger charge is -2.53. The molecule has 31 heavy (non-hydrogen) atoms. The van der Waals surface area contributed by atoms with Crippen LogP contribution in [-0.4, -0.2) is 55.0 Å². The lowest BCUT2D eigenvalue weighted by Crippen LogP contribution is -2.74. The largest absolute Gasteiger partial charge is 0.379 e. The highest BCUT2D eigenvalue weighted by Crippen LogP contribution is 2.46. The summed E-state index contributed by atoms with van der Waals surface area (Å²) in [6, 6.07) is 16.5. The third-order valence-electron chi connectivity index (χ3n) is 6.68. The van der Waals surface area contributed by atoms with Gasteiger partial charge in [0.25, 0.3) is 5.91 Å². The summed E-state index contributed by atoms with van der Waals surface area (Å²) in [7, 11) is 0. The molecule has 0 radical (unpaired) electrons. The molecule has 0 spiro atoms. The maximum absolute atomic E-state index is 14.4. The van der Waals surface area contributed by atoms with Gasteiger partial charge in [0, 0.05) is 40.5 Å². The van der Waals surface area contributed by atoms with Crippen LogP contribution in [0.2, 0.25) is 0 Å². The van der Waals surface area contributed by atoms with E-state index >= 15 is 0 Å². The molecule has 3 aliphatic heterocycles. The number of hydrazone groups is 1. The number of hydrogen-bond donors (Lipinski definition) is 0. The molecule has 0 saturated carbocycles. The van der Waals surface area contributed by atoms with Crippen molar-refractivity contribution < 1.29 is 9.53 Å². The van der Waals surface area contributed by atoms with Crippen LogP contribution >= 0.6 is 22.6 Å². The number of nitrogens with zero attached hydrogens (tertiary/aromatic N) is 4. The first-order valence-electron chi connectivity index (χ1n) is 10.8. The maximum Gasteiger partial charge on any atom is 0.270 e. The van der Waals surface area contributed by atoms with E-state index < -0.39 is 5.66 Å². The Kier molecular flexibility index (Phi) is 5.52. The van der Waals surface area contributed by atoms with Gasteiger partial charge >= 0.3 is 0 Å². The first-order valence-corrected chi connectivity index (χ1v) is 11.9. The summed E-state index contributed by atoms with van der Waals surface area (Å²) in [5.74, 6) is 0.160. The van der Waals surface area contributed by atoms with Crippen LogP contribution in [-0.2, 0) is 9.53 Å². The molecule has 2 atom stereocenters. The van der Waals surface area contributed by atoms with Crippen LogP contribution in [0.15, 0.2) is 53.6 Å². The third-order valence-corrected chi connectivity index (χ3v) is 7.40. The van der Waals surface area contributed by atoms with Gasteiger partial charge in [-0.3, -0.25) is 9.69 Å². The van der Waals surface area contributed by atoms with Gasteiger partial charge in [-0.25, -0.2) is 5.01 Å². The Morgan fingerprint density at radius 3 is 2.29 bits per heavy atom. The molecule has 5 rings (SSSR count). The number of benzene rings is 2. The van der Waals surface area contributed by atoms with Gasteiger partial charge in [-0.2, -0.15) is 5.10 Å². The molecule has 0 N–H and O–H groups in total. The Hall–Kier alpha value is -1.97. The third kappa shape index (κ3) is 3.37. The van der Waals surface area contributed by atoms with Gasteiger partial charge in [0.05, 0.1) is 18.9 Å². The zero-order valence-corrected chi connectivity index (χ0v) is 20.1. The van der Waals surface area contributed by atoms with Crippen LogP contribution in [0.1, 0.15) is 18.9 Å². The van der Waals surface area contributed by atoms with Crippen molar-refractivity contribution in [3.05, 3.63) is 57.7 Å². The number of aryl methyl sites for hydroxylation is 1. The van der Waals surface area contributed by atoms with Crippen molar-refractivity contribution in [2.45, 2.75) is 25.9 Å². The fourth-order valence-electron chi connectivity index (χ4n) is 5.15.